The first-order valence-corrected chi connectivity index (χ1v) is 13.5. The lowest BCUT2D eigenvalue weighted by Gasteiger charge is -2.08. The van der Waals surface area contributed by atoms with Crippen molar-refractivity contribution in [2.45, 2.75) is 50.8 Å². The van der Waals surface area contributed by atoms with Gasteiger partial charge in [0.15, 0.2) is 11.0 Å². The molecule has 11 heteroatoms. The van der Waals surface area contributed by atoms with Gasteiger partial charge in [-0.25, -0.2) is 4.79 Å². The van der Waals surface area contributed by atoms with E-state index in [1.165, 1.54) is 35.1 Å². The Kier molecular flexibility index (Phi) is 8.35. The lowest BCUT2D eigenvalue weighted by Crippen LogP contribution is -2.16. The summed E-state index contributed by atoms with van der Waals surface area (Å²) in [5, 5.41) is 13.1. The van der Waals surface area contributed by atoms with Gasteiger partial charge in [0.25, 0.3) is 0 Å². The molecule has 0 saturated carbocycles. The Labute approximate surface area is 217 Å². The normalized spacial score (nSPS) is 13.1. The first kappa shape index (κ1) is 25.5. The van der Waals surface area contributed by atoms with Gasteiger partial charge in [-0.05, 0) is 61.9 Å². The number of rotatable bonds is 8. The van der Waals surface area contributed by atoms with Gasteiger partial charge >= 0.3 is 5.97 Å². The molecule has 0 aliphatic heterocycles. The molecule has 0 atom stereocenters. The fourth-order valence-electron chi connectivity index (χ4n) is 3.89. The monoisotopic (exact) mass is 534 g/mol. The van der Waals surface area contributed by atoms with Gasteiger partial charge in [0.1, 0.15) is 17.4 Å². The fraction of sp³-hybridized carbons (Fsp3) is 0.417. The second kappa shape index (κ2) is 11.5. The number of anilines is 1. The molecule has 0 unspecified atom stereocenters. The molecule has 0 radical (unpaired) electrons. The van der Waals surface area contributed by atoms with E-state index < -0.39 is 5.97 Å². The van der Waals surface area contributed by atoms with Crippen LogP contribution in [-0.4, -0.2) is 39.5 Å². The Morgan fingerprint density at radius 1 is 1.23 bits per heavy atom. The van der Waals surface area contributed by atoms with Crippen LogP contribution in [-0.2, 0) is 36.0 Å². The summed E-state index contributed by atoms with van der Waals surface area (Å²) in [4.78, 5) is 26.4. The Morgan fingerprint density at radius 3 is 2.80 bits per heavy atom. The number of aromatic nitrogens is 3. The van der Waals surface area contributed by atoms with Crippen LogP contribution in [0.3, 0.4) is 0 Å². The molecule has 1 aliphatic rings. The van der Waals surface area contributed by atoms with Crippen LogP contribution in [0.15, 0.2) is 23.4 Å². The minimum Gasteiger partial charge on any atom is -0.486 e. The smallest absolute Gasteiger partial charge is 0.341 e. The molecule has 4 rings (SSSR count). The van der Waals surface area contributed by atoms with E-state index >= 15 is 0 Å². The molecule has 35 heavy (non-hydrogen) atoms. The van der Waals surface area contributed by atoms with E-state index in [2.05, 4.69) is 15.5 Å². The van der Waals surface area contributed by atoms with Crippen molar-refractivity contribution in [3.8, 4) is 5.75 Å². The van der Waals surface area contributed by atoms with Crippen LogP contribution in [0.2, 0.25) is 5.02 Å². The maximum Gasteiger partial charge on any atom is 0.341 e. The van der Waals surface area contributed by atoms with Crippen molar-refractivity contribution in [1.29, 1.82) is 0 Å². The summed E-state index contributed by atoms with van der Waals surface area (Å²) < 4.78 is 12.6. The van der Waals surface area contributed by atoms with Crippen molar-refractivity contribution in [2.75, 3.05) is 18.2 Å². The average Bonchev–Trinajstić information content (AvgIpc) is 3.27. The van der Waals surface area contributed by atoms with E-state index in [4.69, 9.17) is 21.1 Å². The number of esters is 1. The number of aryl methyl sites for hydroxylation is 2. The van der Waals surface area contributed by atoms with Gasteiger partial charge in [0.2, 0.25) is 5.91 Å². The minimum absolute atomic E-state index is 0.131. The number of benzene rings is 1. The molecule has 8 nitrogen and oxygen atoms in total. The molecule has 0 bridgehead atoms. The highest BCUT2D eigenvalue weighted by Crippen LogP contribution is 2.38. The van der Waals surface area contributed by atoms with E-state index in [-0.39, 0.29) is 18.3 Å². The highest BCUT2D eigenvalue weighted by Gasteiger charge is 2.26. The first-order chi connectivity index (χ1) is 16.9. The predicted octanol–water partition coefficient (Wildman–Crippen LogP) is 5.20. The highest BCUT2D eigenvalue weighted by atomic mass is 35.5. The maximum absolute atomic E-state index is 12.7. The molecule has 1 aromatic carbocycles. The first-order valence-electron chi connectivity index (χ1n) is 11.3. The molecule has 2 aromatic heterocycles. The van der Waals surface area contributed by atoms with Gasteiger partial charge in [-0.2, -0.15) is 0 Å². The van der Waals surface area contributed by atoms with Gasteiger partial charge in [-0.3, -0.25) is 4.79 Å². The zero-order valence-corrected chi connectivity index (χ0v) is 22.2. The molecule has 0 fully saturated rings. The Bertz CT molecular complexity index is 1240. The summed E-state index contributed by atoms with van der Waals surface area (Å²) in [7, 11) is 3.20. The summed E-state index contributed by atoms with van der Waals surface area (Å²) >= 11 is 8.82. The Balaban J connectivity index is 1.37. The van der Waals surface area contributed by atoms with Gasteiger partial charge in [-0.15, -0.1) is 21.5 Å². The third kappa shape index (κ3) is 5.99. The molecule has 1 N–H and O–H groups in total. The Morgan fingerprint density at radius 2 is 2.03 bits per heavy atom. The van der Waals surface area contributed by atoms with E-state index in [1.807, 2.05) is 20.0 Å². The van der Waals surface area contributed by atoms with Crippen molar-refractivity contribution < 1.29 is 19.1 Å². The summed E-state index contributed by atoms with van der Waals surface area (Å²) in [6.45, 7) is 2.15. The number of carbonyl (C=O) groups is 2. The number of fused-ring (bicyclic) bond motifs is 1. The van der Waals surface area contributed by atoms with Gasteiger partial charge < -0.3 is 19.4 Å². The van der Waals surface area contributed by atoms with Crippen LogP contribution in [0.1, 0.15) is 51.4 Å². The standard InChI is InChI=1S/C24H27ClN4O4S2/c1-14-11-15(9-10-17(14)25)33-12-19-27-28-24(29(19)2)34-13-20(30)26-22-21(23(31)32-3)16-7-5-4-6-8-18(16)35-22/h9-11H,4-8,12-13H2,1-3H3,(H,26,30). The Hall–Kier alpha value is -2.56. The van der Waals surface area contributed by atoms with Crippen LogP contribution in [0.25, 0.3) is 0 Å². The van der Waals surface area contributed by atoms with E-state index in [9.17, 15) is 9.59 Å². The van der Waals surface area contributed by atoms with E-state index in [0.29, 0.717) is 32.3 Å². The van der Waals surface area contributed by atoms with Crippen LogP contribution < -0.4 is 10.1 Å². The summed E-state index contributed by atoms with van der Waals surface area (Å²) in [5.41, 5.74) is 2.46. The molecule has 0 spiro atoms. The SMILES string of the molecule is COC(=O)c1c(NC(=O)CSc2nnc(COc3ccc(Cl)c(C)c3)n2C)sc2c1CCCCC2. The van der Waals surface area contributed by atoms with Crippen molar-refractivity contribution in [1.82, 2.24) is 14.8 Å². The number of thiophene rings is 1. The van der Waals surface area contributed by atoms with Crippen molar-refractivity contribution in [3.63, 3.8) is 0 Å². The summed E-state index contributed by atoms with van der Waals surface area (Å²) in [6, 6.07) is 5.46. The number of thioether (sulfide) groups is 1. The highest BCUT2D eigenvalue weighted by molar-refractivity contribution is 7.99. The molecular formula is C24H27ClN4O4S2. The van der Waals surface area contributed by atoms with Crippen molar-refractivity contribution in [2.24, 2.45) is 7.05 Å². The van der Waals surface area contributed by atoms with Gasteiger partial charge in [0.05, 0.1) is 18.4 Å². The molecule has 186 valence electrons. The van der Waals surface area contributed by atoms with Crippen LogP contribution in [0, 0.1) is 6.92 Å². The second-order valence-electron chi connectivity index (χ2n) is 8.25. The number of methoxy groups -OCH3 is 1. The second-order valence-corrected chi connectivity index (χ2v) is 10.7. The van der Waals surface area contributed by atoms with E-state index in [0.717, 1.165) is 43.2 Å². The van der Waals surface area contributed by atoms with Gasteiger partial charge in [-0.1, -0.05) is 29.8 Å². The molecule has 1 aliphatic carbocycles. The molecule has 1 amide bonds. The topological polar surface area (TPSA) is 95.3 Å². The largest absolute Gasteiger partial charge is 0.486 e. The molecule has 3 aromatic rings. The van der Waals surface area contributed by atoms with Crippen LogP contribution in [0.4, 0.5) is 5.00 Å². The number of nitrogens with one attached hydrogen (secondary N) is 1. The number of amides is 1. The third-order valence-electron chi connectivity index (χ3n) is 5.82. The fourth-order valence-corrected chi connectivity index (χ4v) is 6.03. The third-order valence-corrected chi connectivity index (χ3v) is 8.47. The number of halogens is 1. The minimum atomic E-state index is -0.402. The molecule has 2 heterocycles. The zero-order chi connectivity index (χ0) is 24.9. The van der Waals surface area contributed by atoms with Crippen molar-refractivity contribution in [3.05, 3.63) is 50.6 Å². The number of ether oxygens (including phenoxy) is 2. The molecular weight excluding hydrogens is 508 g/mol. The molecule has 0 saturated heterocycles. The number of carbonyl (C=O) groups excluding carboxylic acids is 2. The maximum atomic E-state index is 12.7. The number of hydrogen-bond acceptors (Lipinski definition) is 8. The lowest BCUT2D eigenvalue weighted by atomic mass is 10.1. The summed E-state index contributed by atoms with van der Waals surface area (Å²) in [5.74, 6) is 0.844. The van der Waals surface area contributed by atoms with Gasteiger partial charge in [0, 0.05) is 16.9 Å². The van der Waals surface area contributed by atoms with Crippen LogP contribution in [0.5, 0.6) is 5.75 Å². The van der Waals surface area contributed by atoms with Crippen LogP contribution >= 0.6 is 34.7 Å². The lowest BCUT2D eigenvalue weighted by molar-refractivity contribution is -0.113. The number of nitrogens with zero attached hydrogens (tertiary/aromatic N) is 3. The quantitative estimate of drug-likeness (QED) is 0.241. The van der Waals surface area contributed by atoms with E-state index in [1.54, 1.807) is 16.7 Å². The average molecular weight is 535 g/mol. The summed E-state index contributed by atoms with van der Waals surface area (Å²) in [6.07, 6.45) is 5.03. The predicted molar refractivity (Wildman–Crippen MR) is 138 cm³/mol. The van der Waals surface area contributed by atoms with Crippen molar-refractivity contribution >= 4 is 51.6 Å². The zero-order valence-electron chi connectivity index (χ0n) is 19.9. The number of hydrogen-bond donors (Lipinski definition) is 1.